The lowest BCUT2D eigenvalue weighted by Gasteiger charge is -2.08. The summed E-state index contributed by atoms with van der Waals surface area (Å²) >= 11 is 2.24. The minimum Gasteiger partial charge on any atom is -0.493 e. The molecule has 1 aromatic carbocycles. The van der Waals surface area contributed by atoms with E-state index in [1.165, 1.54) is 0 Å². The van der Waals surface area contributed by atoms with Crippen molar-refractivity contribution in [3.8, 4) is 5.75 Å². The maximum atomic E-state index is 5.65. The summed E-state index contributed by atoms with van der Waals surface area (Å²) in [7, 11) is 0. The zero-order valence-corrected chi connectivity index (χ0v) is 10.9. The Hall–Kier alpha value is -0.780. The first kappa shape index (κ1) is 10.7. The number of nitrogens with zero attached hydrogens (tertiary/aromatic N) is 1. The third kappa shape index (κ3) is 2.42. The molecular formula is C11H13IN2O. The minimum atomic E-state index is 0.545. The van der Waals surface area contributed by atoms with Crippen molar-refractivity contribution in [3.05, 3.63) is 21.9 Å². The standard InChI is InChI=1S/C11H13IN2O/c1-7(2)6-15-8-3-4-10-9(5-8)11(12)14-13-10/h3-5,7H,6H2,1-2H3,(H,13,14). The number of rotatable bonds is 3. The van der Waals surface area contributed by atoms with Crippen LogP contribution in [0.25, 0.3) is 10.9 Å². The van der Waals surface area contributed by atoms with Gasteiger partial charge in [-0.1, -0.05) is 13.8 Å². The van der Waals surface area contributed by atoms with Crippen LogP contribution in [-0.4, -0.2) is 16.8 Å². The average Bonchev–Trinajstić information content (AvgIpc) is 2.57. The SMILES string of the molecule is CC(C)COc1ccc2n[nH]c(I)c2c1. The van der Waals surface area contributed by atoms with Gasteiger partial charge < -0.3 is 4.74 Å². The van der Waals surface area contributed by atoms with Crippen LogP contribution in [-0.2, 0) is 0 Å². The number of aromatic amines is 1. The number of aromatic nitrogens is 2. The molecule has 1 aromatic heterocycles. The zero-order chi connectivity index (χ0) is 10.8. The molecule has 0 spiro atoms. The van der Waals surface area contributed by atoms with Crippen LogP contribution in [0.5, 0.6) is 5.75 Å². The number of hydrogen-bond acceptors (Lipinski definition) is 2. The quantitative estimate of drug-likeness (QED) is 0.883. The van der Waals surface area contributed by atoms with Gasteiger partial charge in [0.25, 0.3) is 0 Å². The molecule has 0 aliphatic carbocycles. The molecule has 0 saturated carbocycles. The highest BCUT2D eigenvalue weighted by molar-refractivity contribution is 14.1. The van der Waals surface area contributed by atoms with Crippen LogP contribution in [0.1, 0.15) is 13.8 Å². The maximum Gasteiger partial charge on any atom is 0.120 e. The van der Waals surface area contributed by atoms with Crippen LogP contribution >= 0.6 is 22.6 Å². The van der Waals surface area contributed by atoms with Gasteiger partial charge in [-0.05, 0) is 46.7 Å². The van der Waals surface area contributed by atoms with Crippen LogP contribution in [0.15, 0.2) is 18.2 Å². The Morgan fingerprint density at radius 3 is 3.00 bits per heavy atom. The van der Waals surface area contributed by atoms with Crippen LogP contribution in [0, 0.1) is 9.62 Å². The molecule has 0 radical (unpaired) electrons. The van der Waals surface area contributed by atoms with E-state index in [2.05, 4.69) is 46.6 Å². The van der Waals surface area contributed by atoms with E-state index in [1.807, 2.05) is 18.2 Å². The third-order valence-corrected chi connectivity index (χ3v) is 2.88. The van der Waals surface area contributed by atoms with Crippen LogP contribution in [0.4, 0.5) is 0 Å². The first-order valence-corrected chi connectivity index (χ1v) is 6.01. The van der Waals surface area contributed by atoms with E-state index >= 15 is 0 Å². The van der Waals surface area contributed by atoms with E-state index in [0.717, 1.165) is 27.0 Å². The lowest BCUT2D eigenvalue weighted by atomic mass is 10.2. The van der Waals surface area contributed by atoms with Crippen molar-refractivity contribution in [3.63, 3.8) is 0 Å². The van der Waals surface area contributed by atoms with Gasteiger partial charge in [0, 0.05) is 5.39 Å². The molecule has 0 saturated heterocycles. The van der Waals surface area contributed by atoms with Gasteiger partial charge in [-0.25, -0.2) is 0 Å². The highest BCUT2D eigenvalue weighted by Crippen LogP contribution is 2.23. The lowest BCUT2D eigenvalue weighted by molar-refractivity contribution is 0.271. The Morgan fingerprint density at radius 2 is 2.27 bits per heavy atom. The Bertz CT molecular complexity index is 465. The van der Waals surface area contributed by atoms with Gasteiger partial charge in [-0.15, -0.1) is 0 Å². The second-order valence-corrected chi connectivity index (χ2v) is 5.00. The normalized spacial score (nSPS) is 11.2. The van der Waals surface area contributed by atoms with E-state index < -0.39 is 0 Å². The Kier molecular flexibility index (Phi) is 3.14. The van der Waals surface area contributed by atoms with Crippen LogP contribution < -0.4 is 4.74 Å². The molecule has 2 rings (SSSR count). The molecule has 2 aromatic rings. The fourth-order valence-corrected chi connectivity index (χ4v) is 1.86. The summed E-state index contributed by atoms with van der Waals surface area (Å²) in [6.45, 7) is 5.03. The molecule has 15 heavy (non-hydrogen) atoms. The molecule has 1 N–H and O–H groups in total. The molecule has 0 unspecified atom stereocenters. The summed E-state index contributed by atoms with van der Waals surface area (Å²) in [5.41, 5.74) is 0.983. The van der Waals surface area contributed by atoms with Crippen molar-refractivity contribution < 1.29 is 4.74 Å². The van der Waals surface area contributed by atoms with E-state index in [0.29, 0.717) is 5.92 Å². The summed E-state index contributed by atoms with van der Waals surface area (Å²) in [6.07, 6.45) is 0. The van der Waals surface area contributed by atoms with Gasteiger partial charge in [0.05, 0.1) is 12.1 Å². The largest absolute Gasteiger partial charge is 0.493 e. The number of halogens is 1. The monoisotopic (exact) mass is 316 g/mol. The summed E-state index contributed by atoms with van der Waals surface area (Å²) in [5, 5.41) is 8.24. The number of fused-ring (bicyclic) bond motifs is 1. The third-order valence-electron chi connectivity index (χ3n) is 2.06. The molecule has 0 aliphatic rings. The van der Waals surface area contributed by atoms with Crippen molar-refractivity contribution in [2.45, 2.75) is 13.8 Å². The Morgan fingerprint density at radius 1 is 1.47 bits per heavy atom. The smallest absolute Gasteiger partial charge is 0.120 e. The van der Waals surface area contributed by atoms with E-state index in [9.17, 15) is 0 Å². The fourth-order valence-electron chi connectivity index (χ4n) is 1.31. The molecule has 0 bridgehead atoms. The topological polar surface area (TPSA) is 37.9 Å². The summed E-state index contributed by atoms with van der Waals surface area (Å²) < 4.78 is 6.71. The molecule has 0 fully saturated rings. The Balaban J connectivity index is 2.25. The summed E-state index contributed by atoms with van der Waals surface area (Å²) in [4.78, 5) is 0. The van der Waals surface area contributed by atoms with Crippen molar-refractivity contribution in [2.75, 3.05) is 6.61 Å². The second kappa shape index (κ2) is 4.38. The lowest BCUT2D eigenvalue weighted by Crippen LogP contribution is -2.04. The zero-order valence-electron chi connectivity index (χ0n) is 8.75. The highest BCUT2D eigenvalue weighted by atomic mass is 127. The molecule has 80 valence electrons. The van der Waals surface area contributed by atoms with Crippen LogP contribution in [0.3, 0.4) is 0 Å². The molecule has 0 amide bonds. The highest BCUT2D eigenvalue weighted by Gasteiger charge is 2.04. The van der Waals surface area contributed by atoms with Crippen molar-refractivity contribution in [1.82, 2.24) is 10.2 Å². The van der Waals surface area contributed by atoms with Gasteiger partial charge in [0.15, 0.2) is 0 Å². The van der Waals surface area contributed by atoms with Gasteiger partial charge >= 0.3 is 0 Å². The Labute approximate surface area is 102 Å². The predicted octanol–water partition coefficient (Wildman–Crippen LogP) is 3.20. The predicted molar refractivity (Wildman–Crippen MR) is 69.1 cm³/mol. The van der Waals surface area contributed by atoms with Crippen molar-refractivity contribution >= 4 is 33.5 Å². The molecule has 0 atom stereocenters. The number of ether oxygens (including phenoxy) is 1. The maximum absolute atomic E-state index is 5.65. The van der Waals surface area contributed by atoms with Crippen molar-refractivity contribution in [1.29, 1.82) is 0 Å². The van der Waals surface area contributed by atoms with Gasteiger partial charge in [0.2, 0.25) is 0 Å². The van der Waals surface area contributed by atoms with Gasteiger partial charge in [-0.3, -0.25) is 5.10 Å². The van der Waals surface area contributed by atoms with E-state index in [1.54, 1.807) is 0 Å². The summed E-state index contributed by atoms with van der Waals surface area (Å²) in [5.74, 6) is 1.46. The fraction of sp³-hybridized carbons (Fsp3) is 0.364. The van der Waals surface area contributed by atoms with E-state index in [-0.39, 0.29) is 0 Å². The summed E-state index contributed by atoms with van der Waals surface area (Å²) in [6, 6.07) is 5.97. The minimum absolute atomic E-state index is 0.545. The van der Waals surface area contributed by atoms with Crippen LogP contribution in [0.2, 0.25) is 0 Å². The molecule has 3 nitrogen and oxygen atoms in total. The van der Waals surface area contributed by atoms with Gasteiger partial charge in [0.1, 0.15) is 9.45 Å². The number of benzene rings is 1. The van der Waals surface area contributed by atoms with E-state index in [4.69, 9.17) is 4.74 Å². The second-order valence-electron chi connectivity index (χ2n) is 3.92. The number of H-pyrrole nitrogens is 1. The average molecular weight is 316 g/mol. The molecule has 1 heterocycles. The molecule has 0 aliphatic heterocycles. The molecule has 4 heteroatoms. The molecular weight excluding hydrogens is 303 g/mol. The van der Waals surface area contributed by atoms with Crippen molar-refractivity contribution in [2.24, 2.45) is 5.92 Å². The number of hydrogen-bond donors (Lipinski definition) is 1. The first-order chi connectivity index (χ1) is 7.16. The number of nitrogens with one attached hydrogen (secondary N) is 1. The first-order valence-electron chi connectivity index (χ1n) is 4.93. The van der Waals surface area contributed by atoms with Gasteiger partial charge in [-0.2, -0.15) is 5.10 Å².